The van der Waals surface area contributed by atoms with Gasteiger partial charge in [-0.3, -0.25) is 4.79 Å². The lowest BCUT2D eigenvalue weighted by atomic mass is 10.1. The molecule has 0 bridgehead atoms. The Kier molecular flexibility index (Phi) is 3.24. The number of benzene rings is 1. The molecule has 0 saturated carbocycles. The Morgan fingerprint density at radius 3 is 2.36 bits per heavy atom. The predicted octanol–water partition coefficient (Wildman–Crippen LogP) is 2.81. The van der Waals surface area contributed by atoms with Gasteiger partial charge in [0.1, 0.15) is 5.75 Å². The Bertz CT molecular complexity index is 360. The number of ether oxygens (including phenoxy) is 1. The van der Waals surface area contributed by atoms with Gasteiger partial charge in [0.25, 0.3) is 0 Å². The Morgan fingerprint density at radius 1 is 1.36 bits per heavy atom. The number of carbonyl (C=O) groups excluding carboxylic acids is 1. The van der Waals surface area contributed by atoms with E-state index in [4.69, 9.17) is 4.74 Å². The van der Waals surface area contributed by atoms with Crippen LogP contribution in [0.15, 0.2) is 43.5 Å². The molecule has 2 heteroatoms. The molecule has 0 unspecified atom stereocenters. The fourth-order valence-corrected chi connectivity index (χ4v) is 1.02. The lowest BCUT2D eigenvalue weighted by molar-refractivity contribution is -0.131. The summed E-state index contributed by atoms with van der Waals surface area (Å²) >= 11 is 0. The van der Waals surface area contributed by atoms with Gasteiger partial charge in [-0.15, -0.1) is 0 Å². The highest BCUT2D eigenvalue weighted by atomic mass is 16.5. The molecule has 2 nitrogen and oxygen atoms in total. The van der Waals surface area contributed by atoms with Gasteiger partial charge in [-0.05, 0) is 23.3 Å². The zero-order valence-corrected chi connectivity index (χ0v) is 8.12. The van der Waals surface area contributed by atoms with Crippen molar-refractivity contribution < 1.29 is 9.53 Å². The van der Waals surface area contributed by atoms with Gasteiger partial charge in [0.05, 0.1) is 0 Å². The van der Waals surface area contributed by atoms with Crippen LogP contribution in [0.4, 0.5) is 0 Å². The van der Waals surface area contributed by atoms with E-state index in [9.17, 15) is 4.79 Å². The molecule has 0 atom stereocenters. The highest BCUT2D eigenvalue weighted by molar-refractivity contribution is 5.73. The third-order valence-electron chi connectivity index (χ3n) is 1.73. The van der Waals surface area contributed by atoms with Crippen molar-refractivity contribution in [2.75, 3.05) is 0 Å². The Morgan fingerprint density at radius 2 is 1.93 bits per heavy atom. The first-order valence-electron chi connectivity index (χ1n) is 4.23. The van der Waals surface area contributed by atoms with Crippen molar-refractivity contribution in [3.05, 3.63) is 49.1 Å². The molecule has 1 rings (SSSR count). The van der Waals surface area contributed by atoms with Crippen molar-refractivity contribution in [2.45, 2.75) is 6.92 Å². The fourth-order valence-electron chi connectivity index (χ4n) is 1.02. The topological polar surface area (TPSA) is 26.3 Å². The van der Waals surface area contributed by atoms with Gasteiger partial charge in [0, 0.05) is 6.92 Å². The zero-order chi connectivity index (χ0) is 10.6. The maximum absolute atomic E-state index is 10.6. The average Bonchev–Trinajstić information content (AvgIpc) is 2.17. The van der Waals surface area contributed by atoms with Crippen molar-refractivity contribution in [1.82, 2.24) is 0 Å². The molecule has 0 aliphatic carbocycles. The van der Waals surface area contributed by atoms with E-state index in [0.717, 1.165) is 11.1 Å². The van der Waals surface area contributed by atoms with E-state index in [0.29, 0.717) is 5.75 Å². The minimum Gasteiger partial charge on any atom is -0.427 e. The van der Waals surface area contributed by atoms with Gasteiger partial charge in [-0.1, -0.05) is 31.4 Å². The Balaban J connectivity index is 2.83. The highest BCUT2D eigenvalue weighted by Crippen LogP contribution is 2.17. The molecule has 0 aliphatic heterocycles. The lowest BCUT2D eigenvalue weighted by Gasteiger charge is -2.03. The number of hydrogen-bond acceptors (Lipinski definition) is 2. The second kappa shape index (κ2) is 4.42. The van der Waals surface area contributed by atoms with E-state index in [1.165, 1.54) is 6.92 Å². The van der Waals surface area contributed by atoms with Crippen molar-refractivity contribution in [1.29, 1.82) is 0 Å². The van der Waals surface area contributed by atoms with Crippen LogP contribution in [0, 0.1) is 0 Å². The van der Waals surface area contributed by atoms with E-state index < -0.39 is 0 Å². The molecule has 72 valence electrons. The van der Waals surface area contributed by atoms with Gasteiger partial charge in [0.2, 0.25) is 0 Å². The van der Waals surface area contributed by atoms with Crippen molar-refractivity contribution >= 4 is 11.5 Å². The molecule has 14 heavy (non-hydrogen) atoms. The maximum Gasteiger partial charge on any atom is 0.308 e. The summed E-state index contributed by atoms with van der Waals surface area (Å²) in [5, 5.41) is 0. The van der Waals surface area contributed by atoms with Crippen LogP contribution in [0.5, 0.6) is 5.75 Å². The molecule has 0 N–H and O–H groups in total. The zero-order valence-electron chi connectivity index (χ0n) is 8.12. The molecule has 0 spiro atoms. The highest BCUT2D eigenvalue weighted by Gasteiger charge is 1.98. The number of rotatable bonds is 3. The second-order valence-electron chi connectivity index (χ2n) is 2.85. The summed E-state index contributed by atoms with van der Waals surface area (Å²) in [6, 6.07) is 7.13. The Labute approximate surface area is 83.5 Å². The first-order chi connectivity index (χ1) is 6.63. The monoisotopic (exact) mass is 188 g/mol. The SMILES string of the molecule is C=CC(=C)c1ccc(OC(C)=O)cc1. The molecule has 0 fully saturated rings. The average molecular weight is 188 g/mol. The summed E-state index contributed by atoms with van der Waals surface area (Å²) in [4.78, 5) is 10.6. The van der Waals surface area contributed by atoms with Gasteiger partial charge in [0.15, 0.2) is 0 Å². The molecule has 1 aromatic carbocycles. The van der Waals surface area contributed by atoms with E-state index >= 15 is 0 Å². The van der Waals surface area contributed by atoms with Crippen molar-refractivity contribution in [2.24, 2.45) is 0 Å². The number of allylic oxidation sites excluding steroid dienone is 2. The molecule has 0 aromatic heterocycles. The smallest absolute Gasteiger partial charge is 0.308 e. The molecular weight excluding hydrogens is 176 g/mol. The normalized spacial score (nSPS) is 9.21. The van der Waals surface area contributed by atoms with Crippen LogP contribution >= 0.6 is 0 Å². The maximum atomic E-state index is 10.6. The van der Waals surface area contributed by atoms with Gasteiger partial charge >= 0.3 is 5.97 Å². The summed E-state index contributed by atoms with van der Waals surface area (Å²) in [5.74, 6) is 0.221. The quantitative estimate of drug-likeness (QED) is 0.414. The predicted molar refractivity (Wildman–Crippen MR) is 57.0 cm³/mol. The lowest BCUT2D eigenvalue weighted by Crippen LogP contribution is -2.00. The summed E-state index contributed by atoms with van der Waals surface area (Å²) in [7, 11) is 0. The van der Waals surface area contributed by atoms with Crippen LogP contribution in [0.1, 0.15) is 12.5 Å². The molecule has 0 aliphatic rings. The Hall–Kier alpha value is -1.83. The third kappa shape index (κ3) is 2.59. The van der Waals surface area contributed by atoms with Crippen LogP contribution < -0.4 is 4.74 Å². The summed E-state index contributed by atoms with van der Waals surface area (Å²) in [6.45, 7) is 8.80. The molecule has 0 amide bonds. The largest absolute Gasteiger partial charge is 0.427 e. The van der Waals surface area contributed by atoms with E-state index in [2.05, 4.69) is 13.2 Å². The van der Waals surface area contributed by atoms with Crippen molar-refractivity contribution in [3.8, 4) is 5.75 Å². The number of hydrogen-bond donors (Lipinski definition) is 0. The third-order valence-corrected chi connectivity index (χ3v) is 1.73. The van der Waals surface area contributed by atoms with E-state index in [1.54, 1.807) is 18.2 Å². The molecule has 1 aromatic rings. The van der Waals surface area contributed by atoms with Crippen LogP contribution in [0.3, 0.4) is 0 Å². The number of carbonyl (C=O) groups is 1. The van der Waals surface area contributed by atoms with E-state index in [-0.39, 0.29) is 5.97 Å². The van der Waals surface area contributed by atoms with Crippen LogP contribution in [0.25, 0.3) is 5.57 Å². The minimum atomic E-state index is -0.319. The van der Waals surface area contributed by atoms with Gasteiger partial charge in [-0.25, -0.2) is 0 Å². The molecule has 0 radical (unpaired) electrons. The number of esters is 1. The van der Waals surface area contributed by atoms with Gasteiger partial charge in [-0.2, -0.15) is 0 Å². The summed E-state index contributed by atoms with van der Waals surface area (Å²) in [5.41, 5.74) is 1.82. The second-order valence-corrected chi connectivity index (χ2v) is 2.85. The molecular formula is C12H12O2. The minimum absolute atomic E-state index is 0.319. The van der Waals surface area contributed by atoms with Crippen LogP contribution in [-0.2, 0) is 4.79 Å². The fraction of sp³-hybridized carbons (Fsp3) is 0.0833. The molecule has 0 heterocycles. The summed E-state index contributed by atoms with van der Waals surface area (Å²) in [6.07, 6.45) is 1.68. The van der Waals surface area contributed by atoms with E-state index in [1.807, 2.05) is 12.1 Å². The standard InChI is InChI=1S/C12H12O2/c1-4-9(2)11-5-7-12(8-6-11)14-10(3)13/h4-8H,1-2H2,3H3. The first kappa shape index (κ1) is 10.3. The van der Waals surface area contributed by atoms with Crippen LogP contribution in [-0.4, -0.2) is 5.97 Å². The van der Waals surface area contributed by atoms with Crippen LogP contribution in [0.2, 0.25) is 0 Å². The van der Waals surface area contributed by atoms with Crippen molar-refractivity contribution in [3.63, 3.8) is 0 Å². The molecule has 0 saturated heterocycles. The van der Waals surface area contributed by atoms with Gasteiger partial charge < -0.3 is 4.74 Å². The summed E-state index contributed by atoms with van der Waals surface area (Å²) < 4.78 is 4.89. The first-order valence-corrected chi connectivity index (χ1v) is 4.23.